The smallest absolute Gasteiger partial charge is 0.283 e. The summed E-state index contributed by atoms with van der Waals surface area (Å²) >= 11 is 0. The minimum Gasteiger partial charge on any atom is -0.451 e. The summed E-state index contributed by atoms with van der Waals surface area (Å²) < 4.78 is 32.6. The molecule has 2 aliphatic rings. The van der Waals surface area contributed by atoms with Crippen molar-refractivity contribution >= 4 is 6.02 Å². The van der Waals surface area contributed by atoms with Crippen molar-refractivity contribution in [3.63, 3.8) is 0 Å². The number of halogens is 2. The van der Waals surface area contributed by atoms with Gasteiger partial charge in [0.15, 0.2) is 11.8 Å². The van der Waals surface area contributed by atoms with E-state index in [1.807, 2.05) is 0 Å². The molecule has 87 valence electrons. The maximum absolute atomic E-state index is 13.8. The summed E-state index contributed by atoms with van der Waals surface area (Å²) in [5.41, 5.74) is 4.21. The molecule has 5 heteroatoms. The van der Waals surface area contributed by atoms with Gasteiger partial charge in [0.05, 0.1) is 6.54 Å². The van der Waals surface area contributed by atoms with Crippen LogP contribution in [0.2, 0.25) is 0 Å². The zero-order valence-corrected chi connectivity index (χ0v) is 8.91. The molecular formula is C11H13F2N2O. The molecule has 1 heterocycles. The van der Waals surface area contributed by atoms with Crippen LogP contribution >= 0.6 is 0 Å². The Hall–Kier alpha value is -1.39. The minimum atomic E-state index is -1.41. The first-order valence-corrected chi connectivity index (χ1v) is 5.07. The molecule has 0 aromatic carbocycles. The number of aliphatic imine (C=N–C) groups is 1. The molecule has 0 fully saturated rings. The maximum Gasteiger partial charge on any atom is 0.283 e. The highest BCUT2D eigenvalue weighted by atomic mass is 19.1. The van der Waals surface area contributed by atoms with Gasteiger partial charge in [-0.2, -0.15) is 0 Å². The van der Waals surface area contributed by atoms with Crippen LogP contribution in [0.15, 0.2) is 28.5 Å². The average molecular weight is 227 g/mol. The number of nitrogens with two attached hydrogens (primary N) is 1. The molecule has 2 atom stereocenters. The summed E-state index contributed by atoms with van der Waals surface area (Å²) in [5.74, 6) is -0.456. The van der Waals surface area contributed by atoms with Gasteiger partial charge >= 0.3 is 0 Å². The third-order valence-corrected chi connectivity index (χ3v) is 2.83. The number of nitrogens with zero attached hydrogens (tertiary/aromatic N) is 1. The maximum atomic E-state index is 13.8. The second-order valence-corrected chi connectivity index (χ2v) is 3.96. The number of rotatable bonds is 1. The van der Waals surface area contributed by atoms with Crippen LogP contribution in [-0.2, 0) is 4.74 Å². The molecule has 0 saturated carbocycles. The van der Waals surface area contributed by atoms with E-state index in [0.717, 1.165) is 0 Å². The second-order valence-electron chi connectivity index (χ2n) is 3.96. The Morgan fingerprint density at radius 2 is 2.38 bits per heavy atom. The quantitative estimate of drug-likeness (QED) is 0.742. The fourth-order valence-corrected chi connectivity index (χ4v) is 1.83. The molecule has 0 unspecified atom stereocenters. The van der Waals surface area contributed by atoms with E-state index in [1.165, 1.54) is 13.0 Å². The summed E-state index contributed by atoms with van der Waals surface area (Å²) in [6.07, 6.45) is 3.78. The van der Waals surface area contributed by atoms with E-state index in [9.17, 15) is 8.78 Å². The lowest BCUT2D eigenvalue weighted by molar-refractivity contribution is 0.0145. The van der Waals surface area contributed by atoms with Crippen molar-refractivity contribution in [2.45, 2.75) is 25.1 Å². The van der Waals surface area contributed by atoms with Crippen LogP contribution in [0.25, 0.3) is 0 Å². The molecular weight excluding hydrogens is 214 g/mol. The van der Waals surface area contributed by atoms with Gasteiger partial charge < -0.3 is 10.5 Å². The van der Waals surface area contributed by atoms with Crippen LogP contribution in [-0.4, -0.2) is 24.3 Å². The van der Waals surface area contributed by atoms with Gasteiger partial charge in [-0.15, -0.1) is 0 Å². The number of alkyl halides is 1. The van der Waals surface area contributed by atoms with E-state index in [0.29, 0.717) is 6.42 Å². The highest BCUT2D eigenvalue weighted by Gasteiger charge is 2.45. The molecule has 1 radical (unpaired) electrons. The van der Waals surface area contributed by atoms with Crippen LogP contribution in [0.1, 0.15) is 13.3 Å². The van der Waals surface area contributed by atoms with Gasteiger partial charge in [-0.3, -0.25) is 0 Å². The Morgan fingerprint density at radius 1 is 1.62 bits per heavy atom. The van der Waals surface area contributed by atoms with E-state index in [4.69, 9.17) is 10.5 Å². The lowest BCUT2D eigenvalue weighted by Gasteiger charge is -2.37. The molecule has 0 bridgehead atoms. The first-order chi connectivity index (χ1) is 7.54. The van der Waals surface area contributed by atoms with Gasteiger partial charge in [-0.05, 0) is 25.8 Å². The average Bonchev–Trinajstić information content (AvgIpc) is 2.24. The Balaban J connectivity index is 2.34. The van der Waals surface area contributed by atoms with Crippen molar-refractivity contribution in [2.24, 2.45) is 10.7 Å². The molecule has 3 nitrogen and oxygen atoms in total. The van der Waals surface area contributed by atoms with Gasteiger partial charge in [0.25, 0.3) is 6.02 Å². The van der Waals surface area contributed by atoms with Gasteiger partial charge in [0, 0.05) is 5.57 Å². The van der Waals surface area contributed by atoms with Crippen LogP contribution in [0, 0.1) is 6.42 Å². The largest absolute Gasteiger partial charge is 0.451 e. The molecule has 1 aliphatic heterocycles. The first-order valence-electron chi connectivity index (χ1n) is 5.07. The summed E-state index contributed by atoms with van der Waals surface area (Å²) in [6, 6.07) is -0.101. The number of hydrogen-bond acceptors (Lipinski definition) is 3. The van der Waals surface area contributed by atoms with E-state index >= 15 is 0 Å². The number of ether oxygens (including phenoxy) is 1. The molecule has 0 spiro atoms. The molecule has 0 aromatic rings. The minimum absolute atomic E-state index is 0.101. The Kier molecular flexibility index (Phi) is 2.69. The third kappa shape index (κ3) is 1.70. The molecule has 0 amide bonds. The zero-order chi connectivity index (χ0) is 11.8. The molecule has 1 aliphatic carbocycles. The van der Waals surface area contributed by atoms with Crippen molar-refractivity contribution in [3.05, 3.63) is 30.0 Å². The second kappa shape index (κ2) is 3.88. The van der Waals surface area contributed by atoms with Crippen molar-refractivity contribution < 1.29 is 13.5 Å². The monoisotopic (exact) mass is 227 g/mol. The number of amidine groups is 1. The Morgan fingerprint density at radius 3 is 3.06 bits per heavy atom. The zero-order valence-electron chi connectivity index (χ0n) is 8.91. The van der Waals surface area contributed by atoms with E-state index in [-0.39, 0.29) is 18.1 Å². The summed E-state index contributed by atoms with van der Waals surface area (Å²) in [5, 5.41) is 0. The summed E-state index contributed by atoms with van der Waals surface area (Å²) in [6.45, 7) is 1.38. The first kappa shape index (κ1) is 11.1. The third-order valence-electron chi connectivity index (χ3n) is 2.83. The molecule has 2 N–H and O–H groups in total. The van der Waals surface area contributed by atoms with Gasteiger partial charge in [-0.25, -0.2) is 13.8 Å². The Bertz CT molecular complexity index is 389. The Labute approximate surface area is 92.7 Å². The normalized spacial score (nSPS) is 34.7. The topological polar surface area (TPSA) is 47.6 Å². The number of allylic oxidation sites excluding steroid dienone is 2. The van der Waals surface area contributed by atoms with Crippen LogP contribution < -0.4 is 5.73 Å². The number of hydrogen-bond donors (Lipinski definition) is 1. The lowest BCUT2D eigenvalue weighted by Crippen LogP contribution is -2.50. The highest BCUT2D eigenvalue weighted by Crippen LogP contribution is 2.37. The summed E-state index contributed by atoms with van der Waals surface area (Å²) in [7, 11) is 0. The molecule has 0 saturated heterocycles. The highest BCUT2D eigenvalue weighted by molar-refractivity contribution is 5.73. The molecule has 0 aromatic heterocycles. The summed E-state index contributed by atoms with van der Waals surface area (Å²) in [4.78, 5) is 3.64. The van der Waals surface area contributed by atoms with E-state index in [2.05, 4.69) is 4.99 Å². The predicted octanol–water partition coefficient (Wildman–Crippen LogP) is 1.82. The van der Waals surface area contributed by atoms with Crippen LogP contribution in [0.4, 0.5) is 8.78 Å². The van der Waals surface area contributed by atoms with Crippen molar-refractivity contribution in [1.29, 1.82) is 0 Å². The van der Waals surface area contributed by atoms with Gasteiger partial charge in [-0.1, -0.05) is 6.08 Å². The SMILES string of the molecule is C[C@]1(C2=C[CH]CC=C2F)OC(N)=NC[C@H]1F. The van der Waals surface area contributed by atoms with Crippen LogP contribution in [0.3, 0.4) is 0 Å². The van der Waals surface area contributed by atoms with Crippen molar-refractivity contribution in [1.82, 2.24) is 0 Å². The predicted molar refractivity (Wildman–Crippen MR) is 57.1 cm³/mol. The van der Waals surface area contributed by atoms with Gasteiger partial charge in [0.2, 0.25) is 0 Å². The molecule has 16 heavy (non-hydrogen) atoms. The van der Waals surface area contributed by atoms with Gasteiger partial charge in [0.1, 0.15) is 5.83 Å². The fraction of sp³-hybridized carbons (Fsp3) is 0.455. The molecule has 2 rings (SSSR count). The van der Waals surface area contributed by atoms with Crippen molar-refractivity contribution in [3.8, 4) is 0 Å². The van der Waals surface area contributed by atoms with E-state index < -0.39 is 17.6 Å². The van der Waals surface area contributed by atoms with Crippen molar-refractivity contribution in [2.75, 3.05) is 6.54 Å². The van der Waals surface area contributed by atoms with Crippen LogP contribution in [0.5, 0.6) is 0 Å². The fourth-order valence-electron chi connectivity index (χ4n) is 1.83. The van der Waals surface area contributed by atoms with E-state index in [1.54, 1.807) is 12.5 Å². The standard InChI is InChI=1S/C11H13F2N2O/c1-11(7-4-2-3-5-8(7)12)9(13)6-15-10(14)16-11/h2,4-5,9H,3,6H2,1H3,(H2,14,15)/t9-,11-/m1/s1. The lowest BCUT2D eigenvalue weighted by atomic mass is 9.85.